The van der Waals surface area contributed by atoms with Gasteiger partial charge in [-0.2, -0.15) is 5.10 Å². The lowest BCUT2D eigenvalue weighted by Crippen LogP contribution is -2.14. The number of nitrogens with one attached hydrogen (secondary N) is 2. The van der Waals surface area contributed by atoms with E-state index >= 15 is 0 Å². The fourth-order valence-electron chi connectivity index (χ4n) is 2.19. The van der Waals surface area contributed by atoms with Gasteiger partial charge in [0.15, 0.2) is 0 Å². The van der Waals surface area contributed by atoms with E-state index in [1.54, 1.807) is 24.4 Å². The average molecular weight is 256 g/mol. The van der Waals surface area contributed by atoms with Crippen molar-refractivity contribution in [2.45, 2.75) is 0 Å². The van der Waals surface area contributed by atoms with Crippen LogP contribution in [0.1, 0.15) is 10.4 Å². The predicted molar refractivity (Wildman–Crippen MR) is 71.0 cm³/mol. The van der Waals surface area contributed by atoms with Crippen LogP contribution in [0.2, 0.25) is 0 Å². The second-order valence-electron chi connectivity index (χ2n) is 4.10. The van der Waals surface area contributed by atoms with Gasteiger partial charge in [-0.05, 0) is 6.07 Å². The molecule has 2 aromatic heterocycles. The summed E-state index contributed by atoms with van der Waals surface area (Å²) in [4.78, 5) is 14.7. The maximum Gasteiger partial charge on any atom is 0.253 e. The van der Waals surface area contributed by atoms with Crippen molar-refractivity contribution >= 4 is 16.8 Å². The Hall–Kier alpha value is -2.76. The van der Waals surface area contributed by atoms with Crippen LogP contribution in [0, 0.1) is 0 Å². The van der Waals surface area contributed by atoms with E-state index in [-0.39, 0.29) is 0 Å². The summed E-state index contributed by atoms with van der Waals surface area (Å²) in [7, 11) is 1.50. The van der Waals surface area contributed by atoms with Gasteiger partial charge in [0.25, 0.3) is 5.91 Å². The first-order valence-electron chi connectivity index (χ1n) is 5.70. The van der Waals surface area contributed by atoms with Crippen molar-refractivity contribution in [3.63, 3.8) is 0 Å². The number of hydrogen-bond donors (Lipinski definition) is 3. The number of nitrogens with two attached hydrogens (primary N) is 1. The number of fused-ring (bicyclic) bond motifs is 1. The Labute approximate surface area is 108 Å². The highest BCUT2D eigenvalue weighted by Gasteiger charge is 2.19. The van der Waals surface area contributed by atoms with E-state index in [1.165, 1.54) is 7.11 Å². The number of aromatic amines is 2. The fourth-order valence-corrected chi connectivity index (χ4v) is 2.19. The SMILES string of the molecule is COc1cccc(-c2n[nH]c3c[nH]cc23)c1C(N)=O. The van der Waals surface area contributed by atoms with Crippen LogP contribution in [0.3, 0.4) is 0 Å². The van der Waals surface area contributed by atoms with E-state index in [9.17, 15) is 4.79 Å². The van der Waals surface area contributed by atoms with Crippen LogP contribution < -0.4 is 10.5 Å². The molecule has 0 aliphatic carbocycles. The molecule has 0 radical (unpaired) electrons. The first kappa shape index (κ1) is 11.3. The van der Waals surface area contributed by atoms with Crippen LogP contribution in [0.5, 0.6) is 5.75 Å². The molecule has 0 saturated carbocycles. The Morgan fingerprint density at radius 1 is 1.37 bits per heavy atom. The summed E-state index contributed by atoms with van der Waals surface area (Å²) in [6.07, 6.45) is 3.62. The standard InChI is InChI=1S/C13H12N4O2/c1-19-10-4-2-3-7(11(10)13(14)18)12-8-5-15-6-9(8)16-17-12/h2-6,15-16H,1H3,(H2,14,18). The van der Waals surface area contributed by atoms with Gasteiger partial charge in [-0.3, -0.25) is 9.89 Å². The first-order valence-corrected chi connectivity index (χ1v) is 5.70. The number of carbonyl (C=O) groups excluding carboxylic acids is 1. The molecule has 1 amide bonds. The van der Waals surface area contributed by atoms with Crippen molar-refractivity contribution in [2.75, 3.05) is 7.11 Å². The first-order chi connectivity index (χ1) is 9.22. The lowest BCUT2D eigenvalue weighted by Gasteiger charge is -2.09. The number of methoxy groups -OCH3 is 1. The monoisotopic (exact) mass is 256 g/mol. The summed E-state index contributed by atoms with van der Waals surface area (Å²) in [5.41, 5.74) is 7.97. The quantitative estimate of drug-likeness (QED) is 0.664. The molecule has 1 aromatic carbocycles. The Balaban J connectivity index is 2.31. The van der Waals surface area contributed by atoms with Gasteiger partial charge in [0.2, 0.25) is 0 Å². The highest BCUT2D eigenvalue weighted by molar-refractivity contribution is 6.05. The zero-order valence-corrected chi connectivity index (χ0v) is 10.2. The summed E-state index contributed by atoms with van der Waals surface area (Å²) in [5.74, 6) is -0.101. The Morgan fingerprint density at radius 2 is 2.21 bits per heavy atom. The maximum absolute atomic E-state index is 11.7. The number of primary amides is 1. The van der Waals surface area contributed by atoms with Gasteiger partial charge < -0.3 is 15.5 Å². The molecule has 0 saturated heterocycles. The van der Waals surface area contributed by atoms with Crippen molar-refractivity contribution in [3.05, 3.63) is 36.2 Å². The fraction of sp³-hybridized carbons (Fsp3) is 0.0769. The summed E-state index contributed by atoms with van der Waals surface area (Å²) in [6, 6.07) is 5.30. The molecule has 0 unspecified atom stereocenters. The molecule has 6 heteroatoms. The molecule has 2 heterocycles. The lowest BCUT2D eigenvalue weighted by molar-refractivity contribution is 0.0998. The highest BCUT2D eigenvalue weighted by atomic mass is 16.5. The average Bonchev–Trinajstić information content (AvgIpc) is 2.99. The van der Waals surface area contributed by atoms with Crippen LogP contribution in [0.25, 0.3) is 22.2 Å². The lowest BCUT2D eigenvalue weighted by atomic mass is 10.0. The predicted octanol–water partition coefficient (Wildman–Crippen LogP) is 1.67. The molecule has 96 valence electrons. The molecule has 0 fully saturated rings. The molecule has 6 nitrogen and oxygen atoms in total. The largest absolute Gasteiger partial charge is 0.496 e. The third-order valence-corrected chi connectivity index (χ3v) is 3.04. The number of benzene rings is 1. The van der Waals surface area contributed by atoms with E-state index in [0.717, 1.165) is 10.9 Å². The second-order valence-corrected chi connectivity index (χ2v) is 4.10. The highest BCUT2D eigenvalue weighted by Crippen LogP contribution is 2.33. The molecule has 0 atom stereocenters. The summed E-state index contributed by atoms with van der Waals surface area (Å²) in [6.45, 7) is 0. The van der Waals surface area contributed by atoms with Gasteiger partial charge in [0, 0.05) is 23.3 Å². The topological polar surface area (TPSA) is 96.8 Å². The summed E-state index contributed by atoms with van der Waals surface area (Å²) < 4.78 is 5.19. The molecule has 0 aliphatic heterocycles. The van der Waals surface area contributed by atoms with E-state index in [4.69, 9.17) is 10.5 Å². The van der Waals surface area contributed by atoms with Crippen LogP contribution in [0.15, 0.2) is 30.6 Å². The van der Waals surface area contributed by atoms with Crippen molar-refractivity contribution < 1.29 is 9.53 Å². The number of H-pyrrole nitrogens is 2. The number of ether oxygens (including phenoxy) is 1. The van der Waals surface area contributed by atoms with E-state index in [1.807, 2.05) is 6.20 Å². The number of aromatic nitrogens is 3. The van der Waals surface area contributed by atoms with Crippen LogP contribution in [-0.4, -0.2) is 28.2 Å². The maximum atomic E-state index is 11.7. The van der Waals surface area contributed by atoms with Gasteiger partial charge in [0.05, 0.1) is 18.2 Å². The Morgan fingerprint density at radius 3 is 2.95 bits per heavy atom. The minimum absolute atomic E-state index is 0.333. The molecular weight excluding hydrogens is 244 g/mol. The molecule has 0 bridgehead atoms. The minimum atomic E-state index is -0.542. The zero-order chi connectivity index (χ0) is 13.4. The number of hydrogen-bond acceptors (Lipinski definition) is 3. The normalized spacial score (nSPS) is 10.8. The van der Waals surface area contributed by atoms with Crippen molar-refractivity contribution in [2.24, 2.45) is 5.73 Å². The minimum Gasteiger partial charge on any atom is -0.496 e. The van der Waals surface area contributed by atoms with Crippen molar-refractivity contribution in [1.82, 2.24) is 15.2 Å². The van der Waals surface area contributed by atoms with Gasteiger partial charge in [-0.15, -0.1) is 0 Å². The Bertz CT molecular complexity index is 757. The molecule has 0 spiro atoms. The van der Waals surface area contributed by atoms with Crippen LogP contribution >= 0.6 is 0 Å². The molecule has 0 aliphatic rings. The summed E-state index contributed by atoms with van der Waals surface area (Å²) in [5, 5.41) is 8.03. The van der Waals surface area contributed by atoms with Gasteiger partial charge in [-0.1, -0.05) is 12.1 Å². The van der Waals surface area contributed by atoms with Crippen LogP contribution in [-0.2, 0) is 0 Å². The van der Waals surface area contributed by atoms with E-state index < -0.39 is 5.91 Å². The number of amides is 1. The third kappa shape index (κ3) is 1.65. The van der Waals surface area contributed by atoms with E-state index in [0.29, 0.717) is 22.6 Å². The smallest absolute Gasteiger partial charge is 0.253 e. The molecule has 4 N–H and O–H groups in total. The van der Waals surface area contributed by atoms with Crippen molar-refractivity contribution in [1.29, 1.82) is 0 Å². The van der Waals surface area contributed by atoms with Gasteiger partial charge in [-0.25, -0.2) is 0 Å². The molecule has 19 heavy (non-hydrogen) atoms. The molecule has 3 aromatic rings. The Kier molecular flexibility index (Phi) is 2.49. The van der Waals surface area contributed by atoms with Crippen LogP contribution in [0.4, 0.5) is 0 Å². The van der Waals surface area contributed by atoms with E-state index in [2.05, 4.69) is 15.2 Å². The molecule has 3 rings (SSSR count). The second kappa shape index (κ2) is 4.16. The molecular formula is C13H12N4O2. The number of nitrogens with zero attached hydrogens (tertiary/aromatic N) is 1. The van der Waals surface area contributed by atoms with Crippen molar-refractivity contribution in [3.8, 4) is 17.0 Å². The number of rotatable bonds is 3. The third-order valence-electron chi connectivity index (χ3n) is 3.04. The summed E-state index contributed by atoms with van der Waals surface area (Å²) >= 11 is 0. The number of carbonyl (C=O) groups is 1. The van der Waals surface area contributed by atoms with Gasteiger partial charge in [0.1, 0.15) is 11.4 Å². The van der Waals surface area contributed by atoms with Gasteiger partial charge >= 0.3 is 0 Å². The zero-order valence-electron chi connectivity index (χ0n) is 10.2.